The zero-order chi connectivity index (χ0) is 14.7. The quantitative estimate of drug-likeness (QED) is 0.409. The highest BCUT2D eigenvalue weighted by atomic mass is 32.2. The van der Waals surface area contributed by atoms with Gasteiger partial charge in [-0.1, -0.05) is 25.5 Å². The van der Waals surface area contributed by atoms with Gasteiger partial charge in [-0.2, -0.15) is 17.2 Å². The normalized spacial score (nSPS) is 11.3. The number of rotatable bonds is 8. The maximum atomic E-state index is 12.3. The number of hydrogen-bond donors (Lipinski definition) is 2. The van der Waals surface area contributed by atoms with Crippen LogP contribution in [0.4, 0.5) is 8.78 Å². The minimum absolute atomic E-state index is 0.0762. The van der Waals surface area contributed by atoms with Gasteiger partial charge in [0.2, 0.25) is 0 Å². The van der Waals surface area contributed by atoms with Crippen LogP contribution >= 0.6 is 0 Å². The first-order valence-electron chi connectivity index (χ1n) is 5.50. The summed E-state index contributed by atoms with van der Waals surface area (Å²) in [5, 5.41) is -0.935. The Hall–Kier alpha value is -0.790. The standard InChI is InChI=1S/C6H11N.C5H10F2O3S/c1-3-5-7-6-4-2;1-2-3-4-5(6,7)11(8,9)10/h3-4,7H,1-2,5-6H2;2-4H2,1H3,(H,8,9,10). The molecule has 0 radical (unpaired) electrons. The van der Waals surface area contributed by atoms with Crippen LogP contribution in [0.3, 0.4) is 0 Å². The third kappa shape index (κ3) is 10.4. The topological polar surface area (TPSA) is 66.4 Å². The molecule has 0 aromatic heterocycles. The Bertz CT molecular complexity index is 321. The van der Waals surface area contributed by atoms with Gasteiger partial charge >= 0.3 is 15.4 Å². The Morgan fingerprint density at radius 1 is 1.28 bits per heavy atom. The second-order valence-corrected chi connectivity index (χ2v) is 5.00. The molecule has 0 aliphatic heterocycles. The lowest BCUT2D eigenvalue weighted by Crippen LogP contribution is -2.27. The van der Waals surface area contributed by atoms with Gasteiger partial charge in [0, 0.05) is 19.5 Å². The van der Waals surface area contributed by atoms with E-state index in [0.717, 1.165) is 13.1 Å². The van der Waals surface area contributed by atoms with Crippen molar-refractivity contribution in [2.24, 2.45) is 0 Å². The minimum Gasteiger partial charge on any atom is -0.310 e. The summed E-state index contributed by atoms with van der Waals surface area (Å²) in [6.45, 7) is 10.5. The second kappa shape index (κ2) is 10.2. The Labute approximate surface area is 108 Å². The fourth-order valence-electron chi connectivity index (χ4n) is 0.799. The molecule has 0 saturated heterocycles. The second-order valence-electron chi connectivity index (χ2n) is 3.45. The van der Waals surface area contributed by atoms with Crippen molar-refractivity contribution in [2.75, 3.05) is 13.1 Å². The molecule has 4 nitrogen and oxygen atoms in total. The van der Waals surface area contributed by atoms with Crippen molar-refractivity contribution in [3.05, 3.63) is 25.3 Å². The number of unbranched alkanes of at least 4 members (excludes halogenated alkanes) is 1. The first kappa shape index (κ1) is 19.5. The maximum absolute atomic E-state index is 12.3. The molecule has 0 fully saturated rings. The Balaban J connectivity index is 0. The molecule has 0 amide bonds. The predicted molar refractivity (Wildman–Crippen MR) is 69.3 cm³/mol. The zero-order valence-electron chi connectivity index (χ0n) is 10.5. The smallest absolute Gasteiger partial charge is 0.310 e. The average Bonchev–Trinajstić information content (AvgIpc) is 2.26. The number of halogens is 2. The lowest BCUT2D eigenvalue weighted by Gasteiger charge is -2.10. The lowest BCUT2D eigenvalue weighted by molar-refractivity contribution is 0.0689. The van der Waals surface area contributed by atoms with Crippen molar-refractivity contribution in [3.63, 3.8) is 0 Å². The fraction of sp³-hybridized carbons (Fsp3) is 0.636. The molecule has 0 unspecified atom stereocenters. The van der Waals surface area contributed by atoms with Gasteiger partial charge in [-0.15, -0.1) is 13.2 Å². The van der Waals surface area contributed by atoms with Crippen molar-refractivity contribution in [1.29, 1.82) is 0 Å². The van der Waals surface area contributed by atoms with Crippen LogP contribution in [-0.4, -0.2) is 31.3 Å². The van der Waals surface area contributed by atoms with Crippen LogP contribution in [0.2, 0.25) is 0 Å². The van der Waals surface area contributed by atoms with Gasteiger partial charge in [-0.05, 0) is 6.42 Å². The molecule has 0 heterocycles. The summed E-state index contributed by atoms with van der Waals surface area (Å²) in [4.78, 5) is 0. The fourth-order valence-corrected chi connectivity index (χ4v) is 1.20. The Morgan fingerprint density at radius 3 is 2.00 bits per heavy atom. The molecule has 0 saturated carbocycles. The number of alkyl halides is 2. The van der Waals surface area contributed by atoms with E-state index in [2.05, 4.69) is 18.5 Å². The van der Waals surface area contributed by atoms with Gasteiger partial charge in [0.1, 0.15) is 0 Å². The predicted octanol–water partition coefficient (Wildman–Crippen LogP) is 2.61. The first-order chi connectivity index (χ1) is 8.22. The molecule has 0 atom stereocenters. The van der Waals surface area contributed by atoms with E-state index in [-0.39, 0.29) is 6.42 Å². The van der Waals surface area contributed by atoms with E-state index >= 15 is 0 Å². The molecular weight excluding hydrogens is 264 g/mol. The summed E-state index contributed by atoms with van der Waals surface area (Å²) in [5.41, 5.74) is 0. The lowest BCUT2D eigenvalue weighted by atomic mass is 10.3. The van der Waals surface area contributed by atoms with Crippen molar-refractivity contribution >= 4 is 10.1 Å². The summed E-state index contributed by atoms with van der Waals surface area (Å²) in [7, 11) is -5.21. The highest BCUT2D eigenvalue weighted by molar-refractivity contribution is 7.86. The summed E-state index contributed by atoms with van der Waals surface area (Å²) < 4.78 is 52.5. The van der Waals surface area contributed by atoms with E-state index in [4.69, 9.17) is 4.55 Å². The minimum atomic E-state index is -5.21. The summed E-state index contributed by atoms with van der Waals surface area (Å²) in [6.07, 6.45) is 3.37. The van der Waals surface area contributed by atoms with E-state index in [9.17, 15) is 17.2 Å². The number of hydrogen-bond acceptors (Lipinski definition) is 3. The Morgan fingerprint density at radius 2 is 1.72 bits per heavy atom. The Kier molecular flexibility index (Phi) is 11.0. The monoisotopic (exact) mass is 285 g/mol. The maximum Gasteiger partial charge on any atom is 0.370 e. The number of nitrogens with one attached hydrogen (secondary N) is 1. The molecule has 0 rings (SSSR count). The van der Waals surface area contributed by atoms with Crippen LogP contribution in [0.1, 0.15) is 26.2 Å². The van der Waals surface area contributed by atoms with E-state index in [0.29, 0.717) is 6.42 Å². The van der Waals surface area contributed by atoms with E-state index in [1.54, 1.807) is 6.92 Å². The molecule has 2 N–H and O–H groups in total. The summed E-state index contributed by atoms with van der Waals surface area (Å²) in [6, 6.07) is 0. The molecule has 0 bridgehead atoms. The third-order valence-corrected chi connectivity index (χ3v) is 2.74. The largest absolute Gasteiger partial charge is 0.370 e. The van der Waals surface area contributed by atoms with Crippen LogP contribution in [0.15, 0.2) is 25.3 Å². The average molecular weight is 285 g/mol. The van der Waals surface area contributed by atoms with E-state index in [1.807, 2.05) is 12.2 Å². The van der Waals surface area contributed by atoms with Gasteiger partial charge in [0.15, 0.2) is 0 Å². The van der Waals surface area contributed by atoms with Crippen molar-refractivity contribution in [3.8, 4) is 0 Å². The van der Waals surface area contributed by atoms with Crippen molar-refractivity contribution < 1.29 is 21.8 Å². The molecule has 7 heteroatoms. The van der Waals surface area contributed by atoms with Crippen LogP contribution in [0, 0.1) is 0 Å². The van der Waals surface area contributed by atoms with Crippen LogP contribution in [0.5, 0.6) is 0 Å². The molecular formula is C11H21F2NO3S. The summed E-state index contributed by atoms with van der Waals surface area (Å²) >= 11 is 0. The molecule has 0 aromatic rings. The first-order valence-corrected chi connectivity index (χ1v) is 6.94. The SMILES string of the molecule is C=CCNCC=C.CCCCC(F)(F)S(=O)(=O)O. The molecule has 18 heavy (non-hydrogen) atoms. The zero-order valence-corrected chi connectivity index (χ0v) is 11.3. The van der Waals surface area contributed by atoms with Gasteiger partial charge in [0.05, 0.1) is 0 Å². The van der Waals surface area contributed by atoms with Crippen LogP contribution in [-0.2, 0) is 10.1 Å². The molecule has 0 aliphatic rings. The molecule has 108 valence electrons. The van der Waals surface area contributed by atoms with E-state index in [1.165, 1.54) is 0 Å². The van der Waals surface area contributed by atoms with E-state index < -0.39 is 21.8 Å². The van der Waals surface area contributed by atoms with Crippen LogP contribution in [0.25, 0.3) is 0 Å². The highest BCUT2D eigenvalue weighted by Gasteiger charge is 2.42. The molecule has 0 aliphatic carbocycles. The van der Waals surface area contributed by atoms with Crippen LogP contribution < -0.4 is 5.32 Å². The van der Waals surface area contributed by atoms with Gasteiger partial charge in [0.25, 0.3) is 0 Å². The molecule has 0 spiro atoms. The molecule has 0 aromatic carbocycles. The summed E-state index contributed by atoms with van der Waals surface area (Å²) in [5.74, 6) is 0. The van der Waals surface area contributed by atoms with Gasteiger partial charge < -0.3 is 5.32 Å². The third-order valence-electron chi connectivity index (χ3n) is 1.78. The highest BCUT2D eigenvalue weighted by Crippen LogP contribution is 2.26. The van der Waals surface area contributed by atoms with Crippen molar-refractivity contribution in [1.82, 2.24) is 5.32 Å². The van der Waals surface area contributed by atoms with Gasteiger partial charge in [-0.3, -0.25) is 4.55 Å². The van der Waals surface area contributed by atoms with Gasteiger partial charge in [-0.25, -0.2) is 0 Å². The van der Waals surface area contributed by atoms with Crippen molar-refractivity contribution in [2.45, 2.75) is 31.4 Å².